The summed E-state index contributed by atoms with van der Waals surface area (Å²) in [5, 5.41) is 5.56. The van der Waals surface area contributed by atoms with Crippen molar-refractivity contribution in [1.82, 2.24) is 5.01 Å². The summed E-state index contributed by atoms with van der Waals surface area (Å²) in [4.78, 5) is 11.9. The predicted molar refractivity (Wildman–Crippen MR) is 93.4 cm³/mol. The normalized spacial score (nSPS) is 16.2. The van der Waals surface area contributed by atoms with Gasteiger partial charge in [0, 0.05) is 12.5 Å². The average Bonchev–Trinajstić information content (AvgIpc) is 3.06. The number of benzene rings is 2. The van der Waals surface area contributed by atoms with Gasteiger partial charge in [-0.05, 0) is 43.3 Å². The predicted octanol–water partition coefficient (Wildman–Crippen LogP) is 3.27. The number of methoxy groups -OCH3 is 1. The van der Waals surface area contributed by atoms with Gasteiger partial charge in [0.2, 0.25) is 18.0 Å². The second-order valence-electron chi connectivity index (χ2n) is 5.70. The summed E-state index contributed by atoms with van der Waals surface area (Å²) in [6.07, 6.45) is -0.597. The maximum atomic E-state index is 11.9. The Morgan fingerprint density at radius 3 is 2.36 bits per heavy atom. The van der Waals surface area contributed by atoms with Crippen molar-refractivity contribution in [2.45, 2.75) is 20.1 Å². The van der Waals surface area contributed by atoms with Crippen LogP contribution in [-0.2, 0) is 9.53 Å². The lowest BCUT2D eigenvalue weighted by Gasteiger charge is -2.19. The Hall–Kier alpha value is -3.02. The lowest BCUT2D eigenvalue weighted by molar-refractivity contribution is -0.135. The molecule has 0 saturated heterocycles. The van der Waals surface area contributed by atoms with Crippen molar-refractivity contribution >= 4 is 11.8 Å². The number of hydrazone groups is 1. The number of hydrogen-bond donors (Lipinski definition) is 0. The van der Waals surface area contributed by atoms with E-state index in [1.165, 1.54) is 11.9 Å². The van der Waals surface area contributed by atoms with E-state index in [2.05, 4.69) is 5.10 Å². The molecule has 1 heterocycles. The minimum Gasteiger partial charge on any atom is -0.497 e. The van der Waals surface area contributed by atoms with E-state index in [9.17, 15) is 4.79 Å². The summed E-state index contributed by atoms with van der Waals surface area (Å²) < 4.78 is 16.7. The fraction of sp³-hybridized carbons (Fsp3) is 0.263. The Balaban J connectivity index is 1.70. The molecule has 0 unspecified atom stereocenters. The zero-order valence-electron chi connectivity index (χ0n) is 14.4. The van der Waals surface area contributed by atoms with Crippen LogP contribution >= 0.6 is 0 Å². The fourth-order valence-corrected chi connectivity index (χ4v) is 2.43. The minimum absolute atomic E-state index is 0.152. The molecule has 6 nitrogen and oxygen atoms in total. The molecule has 130 valence electrons. The third-order valence-electron chi connectivity index (χ3n) is 3.80. The van der Waals surface area contributed by atoms with Crippen LogP contribution in [0.5, 0.6) is 11.5 Å². The molecule has 3 rings (SSSR count). The van der Waals surface area contributed by atoms with Gasteiger partial charge in [-0.2, -0.15) is 5.01 Å². The molecule has 1 amide bonds. The topological polar surface area (TPSA) is 60.4 Å². The first kappa shape index (κ1) is 16.8. The summed E-state index contributed by atoms with van der Waals surface area (Å²) in [6, 6.07) is 15.0. The van der Waals surface area contributed by atoms with Crippen LogP contribution in [-0.4, -0.2) is 30.5 Å². The van der Waals surface area contributed by atoms with Gasteiger partial charge in [0.15, 0.2) is 6.61 Å². The van der Waals surface area contributed by atoms with Crippen molar-refractivity contribution in [1.29, 1.82) is 0 Å². The molecule has 0 bridgehead atoms. The zero-order valence-corrected chi connectivity index (χ0v) is 14.4. The number of nitrogens with zero attached hydrogens (tertiary/aromatic N) is 2. The van der Waals surface area contributed by atoms with Crippen LogP contribution in [0.3, 0.4) is 0 Å². The van der Waals surface area contributed by atoms with Crippen molar-refractivity contribution < 1.29 is 19.0 Å². The second-order valence-corrected chi connectivity index (χ2v) is 5.70. The minimum atomic E-state index is -0.597. The Labute approximate surface area is 146 Å². The number of rotatable bonds is 5. The van der Waals surface area contributed by atoms with Crippen LogP contribution in [0.1, 0.15) is 24.3 Å². The first-order chi connectivity index (χ1) is 12.1. The third kappa shape index (κ3) is 3.91. The quantitative estimate of drug-likeness (QED) is 0.838. The van der Waals surface area contributed by atoms with Gasteiger partial charge in [0.1, 0.15) is 11.5 Å². The molecule has 6 heteroatoms. The van der Waals surface area contributed by atoms with Gasteiger partial charge in [0.05, 0.1) is 7.11 Å². The van der Waals surface area contributed by atoms with Crippen LogP contribution in [0.25, 0.3) is 0 Å². The van der Waals surface area contributed by atoms with Crippen molar-refractivity contribution in [3.05, 3.63) is 59.7 Å². The summed E-state index contributed by atoms with van der Waals surface area (Å²) in [7, 11) is 1.60. The van der Waals surface area contributed by atoms with Crippen LogP contribution in [0, 0.1) is 6.92 Å². The Kier molecular flexibility index (Phi) is 4.88. The molecule has 1 atom stereocenters. The van der Waals surface area contributed by atoms with Crippen molar-refractivity contribution in [2.75, 3.05) is 13.7 Å². The molecular weight excluding hydrogens is 320 g/mol. The van der Waals surface area contributed by atoms with Gasteiger partial charge in [0.25, 0.3) is 0 Å². The van der Waals surface area contributed by atoms with E-state index >= 15 is 0 Å². The van der Waals surface area contributed by atoms with E-state index < -0.39 is 6.23 Å². The molecule has 0 saturated carbocycles. The highest BCUT2D eigenvalue weighted by molar-refractivity contribution is 5.83. The second kappa shape index (κ2) is 7.25. The summed E-state index contributed by atoms with van der Waals surface area (Å²) >= 11 is 0. The summed E-state index contributed by atoms with van der Waals surface area (Å²) in [6.45, 7) is 3.62. The third-order valence-corrected chi connectivity index (χ3v) is 3.80. The summed E-state index contributed by atoms with van der Waals surface area (Å²) in [5.41, 5.74) is 1.97. The molecule has 25 heavy (non-hydrogen) atoms. The molecule has 1 aliphatic rings. The first-order valence-electron chi connectivity index (χ1n) is 7.94. The zero-order chi connectivity index (χ0) is 17.8. The maximum Gasteiger partial charge on any atom is 0.247 e. The number of carbonyl (C=O) groups is 1. The molecule has 0 aliphatic carbocycles. The molecule has 0 radical (unpaired) electrons. The first-order valence-corrected chi connectivity index (χ1v) is 7.94. The fourth-order valence-electron chi connectivity index (χ4n) is 2.43. The molecule has 1 aliphatic heterocycles. The molecule has 0 fully saturated rings. The molecular formula is C19H20N2O4. The van der Waals surface area contributed by atoms with Gasteiger partial charge in [-0.3, -0.25) is 4.79 Å². The molecule has 0 N–H and O–H groups in total. The smallest absolute Gasteiger partial charge is 0.247 e. The monoisotopic (exact) mass is 340 g/mol. The van der Waals surface area contributed by atoms with Gasteiger partial charge < -0.3 is 14.2 Å². The molecule has 2 aromatic rings. The maximum absolute atomic E-state index is 11.9. The van der Waals surface area contributed by atoms with Gasteiger partial charge >= 0.3 is 0 Å². The highest BCUT2D eigenvalue weighted by Crippen LogP contribution is 2.29. The van der Waals surface area contributed by atoms with Crippen LogP contribution in [0.15, 0.2) is 53.6 Å². The Morgan fingerprint density at radius 2 is 1.76 bits per heavy atom. The van der Waals surface area contributed by atoms with E-state index in [-0.39, 0.29) is 12.5 Å². The number of amides is 1. The number of ether oxygens (including phenoxy) is 3. The number of carbonyl (C=O) groups excluding carboxylic acids is 1. The Morgan fingerprint density at radius 1 is 1.12 bits per heavy atom. The molecule has 0 spiro atoms. The largest absolute Gasteiger partial charge is 0.497 e. The Bertz CT molecular complexity index is 769. The number of aryl methyl sites for hydroxylation is 1. The highest BCUT2D eigenvalue weighted by atomic mass is 16.6. The molecule has 2 aromatic carbocycles. The number of hydrogen-bond acceptors (Lipinski definition) is 5. The molecule has 0 aromatic heterocycles. The SMILES string of the molecule is COc1ccc([C@@H]2OC(COc3ccc(C)cc3)=NN2C(C)=O)cc1. The standard InChI is InChI=1S/C19H20N2O4/c1-13-4-8-17(9-5-13)24-12-18-20-21(14(2)22)19(25-18)15-6-10-16(23-3)11-7-15/h4-11,19H,12H2,1-3H3/t19-/m0/s1. The van der Waals surface area contributed by atoms with Gasteiger partial charge in [-0.15, -0.1) is 5.10 Å². The lowest BCUT2D eigenvalue weighted by atomic mass is 10.2. The van der Waals surface area contributed by atoms with Crippen molar-refractivity contribution in [2.24, 2.45) is 5.10 Å². The highest BCUT2D eigenvalue weighted by Gasteiger charge is 2.32. The van der Waals surface area contributed by atoms with E-state index in [4.69, 9.17) is 14.2 Å². The van der Waals surface area contributed by atoms with Crippen LogP contribution in [0.2, 0.25) is 0 Å². The van der Waals surface area contributed by atoms with Crippen LogP contribution in [0.4, 0.5) is 0 Å². The van der Waals surface area contributed by atoms with Gasteiger partial charge in [-0.25, -0.2) is 0 Å². The van der Waals surface area contributed by atoms with E-state index in [0.29, 0.717) is 5.90 Å². The van der Waals surface area contributed by atoms with E-state index in [1.807, 2.05) is 55.5 Å². The van der Waals surface area contributed by atoms with Crippen LogP contribution < -0.4 is 9.47 Å². The summed E-state index contributed by atoms with van der Waals surface area (Å²) in [5.74, 6) is 1.61. The average molecular weight is 340 g/mol. The lowest BCUT2D eigenvalue weighted by Crippen LogP contribution is -2.25. The van der Waals surface area contributed by atoms with Gasteiger partial charge in [-0.1, -0.05) is 17.7 Å². The van der Waals surface area contributed by atoms with E-state index in [1.54, 1.807) is 7.11 Å². The van der Waals surface area contributed by atoms with Crippen molar-refractivity contribution in [3.8, 4) is 11.5 Å². The van der Waals surface area contributed by atoms with Crippen molar-refractivity contribution in [3.63, 3.8) is 0 Å². The van der Waals surface area contributed by atoms with E-state index in [0.717, 1.165) is 22.6 Å².